The Balaban J connectivity index is 2.04. The van der Waals surface area contributed by atoms with E-state index in [2.05, 4.69) is 6.92 Å². The molecule has 1 heterocycles. The molecular weight excluding hydrogens is 226 g/mol. The number of rotatable bonds is 5. The largest absolute Gasteiger partial charge is 0.497 e. The normalized spacial score (nSPS) is 14.9. The third-order valence-corrected chi connectivity index (χ3v) is 3.19. The van der Waals surface area contributed by atoms with Crippen LogP contribution in [0.4, 0.5) is 5.69 Å². The Hall–Kier alpha value is -1.77. The van der Waals surface area contributed by atoms with Crippen molar-refractivity contribution in [2.45, 2.75) is 26.2 Å². The summed E-state index contributed by atoms with van der Waals surface area (Å²) in [5.41, 5.74) is 2.17. The van der Waals surface area contributed by atoms with Gasteiger partial charge in [0.05, 0.1) is 7.11 Å². The molecule has 0 radical (unpaired) electrons. The third-order valence-electron chi connectivity index (χ3n) is 3.19. The molecule has 1 amide bonds. The minimum atomic E-state index is 0.0891. The highest BCUT2D eigenvalue weighted by Gasteiger charge is 2.22. The van der Waals surface area contributed by atoms with Crippen LogP contribution in [-0.4, -0.2) is 19.6 Å². The first-order chi connectivity index (χ1) is 8.74. The van der Waals surface area contributed by atoms with Gasteiger partial charge in [0, 0.05) is 18.3 Å². The van der Waals surface area contributed by atoms with Crippen molar-refractivity contribution in [3.05, 3.63) is 35.9 Å². The fourth-order valence-electron chi connectivity index (χ4n) is 2.11. The summed E-state index contributed by atoms with van der Waals surface area (Å²) < 4.78 is 5.12. The van der Waals surface area contributed by atoms with Gasteiger partial charge in [-0.2, -0.15) is 0 Å². The van der Waals surface area contributed by atoms with Crippen molar-refractivity contribution in [1.29, 1.82) is 0 Å². The Kier molecular flexibility index (Phi) is 4.03. The van der Waals surface area contributed by atoms with Crippen LogP contribution < -0.4 is 9.64 Å². The van der Waals surface area contributed by atoms with Gasteiger partial charge in [0.2, 0.25) is 0 Å². The van der Waals surface area contributed by atoms with E-state index in [-0.39, 0.29) is 5.91 Å². The highest BCUT2D eigenvalue weighted by Crippen LogP contribution is 2.25. The maximum atomic E-state index is 11.9. The van der Waals surface area contributed by atoms with Crippen LogP contribution in [-0.2, 0) is 4.79 Å². The van der Waals surface area contributed by atoms with E-state index in [1.54, 1.807) is 13.2 Å². The number of unbranched alkanes of at least 4 members (excludes halogenated alkanes) is 1. The Morgan fingerprint density at radius 3 is 2.61 bits per heavy atom. The standard InChI is InChI=1S/C15H19NO2/c1-3-4-5-12-10-15(17)16(11-12)13-6-8-14(18-2)9-7-13/h6-10H,3-5,11H2,1-2H3. The molecule has 3 nitrogen and oxygen atoms in total. The van der Waals surface area contributed by atoms with Crippen molar-refractivity contribution in [3.8, 4) is 5.75 Å². The van der Waals surface area contributed by atoms with Crippen LogP contribution >= 0.6 is 0 Å². The zero-order valence-electron chi connectivity index (χ0n) is 11.0. The van der Waals surface area contributed by atoms with Crippen LogP contribution in [0.15, 0.2) is 35.9 Å². The summed E-state index contributed by atoms with van der Waals surface area (Å²) in [5, 5.41) is 0. The van der Waals surface area contributed by atoms with E-state index >= 15 is 0 Å². The van der Waals surface area contributed by atoms with Crippen molar-refractivity contribution < 1.29 is 9.53 Å². The quantitative estimate of drug-likeness (QED) is 0.797. The van der Waals surface area contributed by atoms with Crippen molar-refractivity contribution >= 4 is 11.6 Å². The first-order valence-corrected chi connectivity index (χ1v) is 6.39. The molecule has 0 fully saturated rings. The number of benzene rings is 1. The van der Waals surface area contributed by atoms with E-state index in [0.717, 1.165) is 37.2 Å². The Morgan fingerprint density at radius 1 is 1.28 bits per heavy atom. The Morgan fingerprint density at radius 2 is 2.00 bits per heavy atom. The SMILES string of the molecule is CCCCC1=CC(=O)N(c2ccc(OC)cc2)C1. The first kappa shape index (κ1) is 12.7. The minimum Gasteiger partial charge on any atom is -0.497 e. The minimum absolute atomic E-state index is 0.0891. The lowest BCUT2D eigenvalue weighted by Gasteiger charge is -2.17. The zero-order chi connectivity index (χ0) is 13.0. The summed E-state index contributed by atoms with van der Waals surface area (Å²) in [7, 11) is 1.64. The number of carbonyl (C=O) groups excluding carboxylic acids is 1. The van der Waals surface area contributed by atoms with E-state index in [1.165, 1.54) is 5.57 Å². The summed E-state index contributed by atoms with van der Waals surface area (Å²) in [6.07, 6.45) is 5.11. The van der Waals surface area contributed by atoms with Crippen LogP contribution in [0.2, 0.25) is 0 Å². The molecular formula is C15H19NO2. The number of carbonyl (C=O) groups is 1. The van der Waals surface area contributed by atoms with Crippen molar-refractivity contribution in [1.82, 2.24) is 0 Å². The Labute approximate surface area is 108 Å². The van der Waals surface area contributed by atoms with Crippen LogP contribution in [0.3, 0.4) is 0 Å². The van der Waals surface area contributed by atoms with Crippen LogP contribution in [0, 0.1) is 0 Å². The summed E-state index contributed by atoms with van der Waals surface area (Å²) in [6.45, 7) is 2.89. The molecule has 1 aromatic carbocycles. The lowest BCUT2D eigenvalue weighted by atomic mass is 10.1. The lowest BCUT2D eigenvalue weighted by molar-refractivity contribution is -0.113. The fourth-order valence-corrected chi connectivity index (χ4v) is 2.11. The molecule has 18 heavy (non-hydrogen) atoms. The summed E-state index contributed by atoms with van der Waals surface area (Å²) >= 11 is 0. The van der Waals surface area contributed by atoms with Crippen molar-refractivity contribution in [2.24, 2.45) is 0 Å². The number of ether oxygens (including phenoxy) is 1. The second-order valence-electron chi connectivity index (χ2n) is 4.53. The van der Waals surface area contributed by atoms with Crippen molar-refractivity contribution in [3.63, 3.8) is 0 Å². The molecule has 1 aliphatic heterocycles. The third kappa shape index (κ3) is 2.73. The summed E-state index contributed by atoms with van der Waals surface area (Å²) in [6, 6.07) is 7.61. The van der Waals surface area contributed by atoms with Crippen molar-refractivity contribution in [2.75, 3.05) is 18.6 Å². The molecule has 3 heteroatoms. The van der Waals surface area contributed by atoms with Gasteiger partial charge in [-0.25, -0.2) is 0 Å². The van der Waals surface area contributed by atoms with Gasteiger partial charge in [0.15, 0.2) is 0 Å². The molecule has 0 unspecified atom stereocenters. The lowest BCUT2D eigenvalue weighted by Crippen LogP contribution is -2.25. The number of anilines is 1. The highest BCUT2D eigenvalue weighted by atomic mass is 16.5. The molecule has 0 saturated carbocycles. The molecule has 0 N–H and O–H groups in total. The van der Waals surface area contributed by atoms with E-state index in [9.17, 15) is 4.79 Å². The van der Waals surface area contributed by atoms with Gasteiger partial charge in [-0.05, 0) is 42.7 Å². The number of amides is 1. The highest BCUT2D eigenvalue weighted by molar-refractivity contribution is 6.05. The van der Waals surface area contributed by atoms with Gasteiger partial charge >= 0.3 is 0 Å². The van der Waals surface area contributed by atoms with Gasteiger partial charge in [-0.1, -0.05) is 13.3 Å². The van der Waals surface area contributed by atoms with Gasteiger partial charge in [0.1, 0.15) is 5.75 Å². The summed E-state index contributed by atoms with van der Waals surface area (Å²) in [4.78, 5) is 13.7. The van der Waals surface area contributed by atoms with Gasteiger partial charge in [0.25, 0.3) is 5.91 Å². The van der Waals surface area contributed by atoms with Gasteiger partial charge < -0.3 is 9.64 Å². The smallest absolute Gasteiger partial charge is 0.251 e. The zero-order valence-corrected chi connectivity index (χ0v) is 11.0. The number of hydrogen-bond donors (Lipinski definition) is 0. The van der Waals surface area contributed by atoms with E-state index < -0.39 is 0 Å². The topological polar surface area (TPSA) is 29.5 Å². The molecule has 0 atom stereocenters. The van der Waals surface area contributed by atoms with E-state index in [4.69, 9.17) is 4.74 Å². The predicted molar refractivity (Wildman–Crippen MR) is 73.0 cm³/mol. The average Bonchev–Trinajstić information content (AvgIpc) is 2.78. The van der Waals surface area contributed by atoms with Gasteiger partial charge in [-0.15, -0.1) is 0 Å². The van der Waals surface area contributed by atoms with Gasteiger partial charge in [-0.3, -0.25) is 4.79 Å². The molecule has 1 aromatic rings. The monoisotopic (exact) mass is 245 g/mol. The second-order valence-corrected chi connectivity index (χ2v) is 4.53. The number of hydrogen-bond acceptors (Lipinski definition) is 2. The number of nitrogens with zero attached hydrogens (tertiary/aromatic N) is 1. The molecule has 0 spiro atoms. The maximum absolute atomic E-state index is 11.9. The molecule has 0 saturated heterocycles. The van der Waals surface area contributed by atoms with Crippen LogP contribution in [0.1, 0.15) is 26.2 Å². The van der Waals surface area contributed by atoms with Crippen LogP contribution in [0.5, 0.6) is 5.75 Å². The van der Waals surface area contributed by atoms with Crippen LogP contribution in [0.25, 0.3) is 0 Å². The molecule has 1 aliphatic rings. The number of methoxy groups -OCH3 is 1. The average molecular weight is 245 g/mol. The molecule has 96 valence electrons. The fraction of sp³-hybridized carbons (Fsp3) is 0.400. The molecule has 0 aliphatic carbocycles. The molecule has 2 rings (SSSR count). The second kappa shape index (κ2) is 5.71. The molecule has 0 aromatic heterocycles. The Bertz CT molecular complexity index is 448. The van der Waals surface area contributed by atoms with E-state index in [0.29, 0.717) is 0 Å². The first-order valence-electron chi connectivity index (χ1n) is 6.39. The molecule has 0 bridgehead atoms. The predicted octanol–water partition coefficient (Wildman–Crippen LogP) is 3.16. The summed E-state index contributed by atoms with van der Waals surface area (Å²) in [5.74, 6) is 0.899. The maximum Gasteiger partial charge on any atom is 0.251 e. The van der Waals surface area contributed by atoms with E-state index in [1.807, 2.05) is 29.2 Å².